The number of rotatable bonds is 5. The van der Waals surface area contributed by atoms with Gasteiger partial charge in [0.1, 0.15) is 12.3 Å². The van der Waals surface area contributed by atoms with E-state index in [9.17, 15) is 9.59 Å². The molecule has 0 aliphatic carbocycles. The maximum Gasteiger partial charge on any atom is 0.330 e. The first-order chi connectivity index (χ1) is 9.69. The van der Waals surface area contributed by atoms with Crippen LogP contribution in [-0.4, -0.2) is 36.1 Å². The second kappa shape index (κ2) is 7.31. The summed E-state index contributed by atoms with van der Waals surface area (Å²) in [7, 11) is 0. The average molecular weight is 294 g/mol. The van der Waals surface area contributed by atoms with Crippen LogP contribution in [0, 0.1) is 0 Å². The summed E-state index contributed by atoms with van der Waals surface area (Å²) in [5.41, 5.74) is 1.10. The quantitative estimate of drug-likeness (QED) is 0.625. The SMILES string of the molecule is CCc1cccc(OC(=O)CNC(=O)C2CSCN2)c1. The molecule has 0 aromatic heterocycles. The number of esters is 1. The first-order valence-electron chi connectivity index (χ1n) is 6.57. The standard InChI is InChI=1S/C14H18N2O3S/c1-2-10-4-3-5-11(6-10)19-13(17)7-15-14(18)12-8-20-9-16-12/h3-6,12,16H,2,7-9H2,1H3,(H,15,18). The first-order valence-corrected chi connectivity index (χ1v) is 7.73. The minimum atomic E-state index is -0.461. The topological polar surface area (TPSA) is 67.4 Å². The largest absolute Gasteiger partial charge is 0.425 e. The monoisotopic (exact) mass is 294 g/mol. The lowest BCUT2D eigenvalue weighted by molar-refractivity contribution is -0.135. The summed E-state index contributed by atoms with van der Waals surface area (Å²) in [6.07, 6.45) is 0.882. The Morgan fingerprint density at radius 2 is 2.35 bits per heavy atom. The second-order valence-corrected chi connectivity index (χ2v) is 5.49. The Morgan fingerprint density at radius 3 is 3.05 bits per heavy atom. The molecular formula is C14H18N2O3S. The Morgan fingerprint density at radius 1 is 1.50 bits per heavy atom. The predicted octanol–water partition coefficient (Wildman–Crippen LogP) is 0.933. The summed E-state index contributed by atoms with van der Waals surface area (Å²) < 4.78 is 5.19. The number of aryl methyl sites for hydroxylation is 1. The molecule has 1 atom stereocenters. The third kappa shape index (κ3) is 4.25. The molecule has 1 aliphatic rings. The van der Waals surface area contributed by atoms with E-state index in [4.69, 9.17) is 4.74 Å². The number of benzene rings is 1. The van der Waals surface area contributed by atoms with Gasteiger partial charge in [-0.15, -0.1) is 11.8 Å². The number of amides is 1. The molecule has 0 spiro atoms. The van der Waals surface area contributed by atoms with E-state index in [-0.39, 0.29) is 18.5 Å². The third-order valence-corrected chi connectivity index (χ3v) is 3.92. The van der Waals surface area contributed by atoms with Gasteiger partial charge < -0.3 is 10.1 Å². The van der Waals surface area contributed by atoms with Crippen LogP contribution in [0.4, 0.5) is 0 Å². The molecule has 1 amide bonds. The van der Waals surface area contributed by atoms with Gasteiger partial charge in [-0.25, -0.2) is 4.79 Å². The fourth-order valence-electron chi connectivity index (χ4n) is 1.84. The highest BCUT2D eigenvalue weighted by atomic mass is 32.2. The van der Waals surface area contributed by atoms with E-state index in [0.717, 1.165) is 23.6 Å². The fraction of sp³-hybridized carbons (Fsp3) is 0.429. The number of thioether (sulfide) groups is 1. The average Bonchev–Trinajstić information content (AvgIpc) is 2.99. The number of hydrogen-bond donors (Lipinski definition) is 2. The maximum absolute atomic E-state index is 11.7. The number of nitrogens with one attached hydrogen (secondary N) is 2. The zero-order chi connectivity index (χ0) is 14.4. The van der Waals surface area contributed by atoms with Crippen molar-refractivity contribution in [2.45, 2.75) is 19.4 Å². The van der Waals surface area contributed by atoms with Crippen molar-refractivity contribution in [1.82, 2.24) is 10.6 Å². The number of ether oxygens (including phenoxy) is 1. The predicted molar refractivity (Wildman–Crippen MR) is 78.7 cm³/mol. The van der Waals surface area contributed by atoms with E-state index in [0.29, 0.717) is 5.75 Å². The van der Waals surface area contributed by atoms with Gasteiger partial charge in [0.25, 0.3) is 0 Å². The smallest absolute Gasteiger partial charge is 0.330 e. The van der Waals surface area contributed by atoms with Gasteiger partial charge in [0.05, 0.1) is 6.04 Å². The van der Waals surface area contributed by atoms with Crippen molar-refractivity contribution >= 4 is 23.6 Å². The highest BCUT2D eigenvalue weighted by Crippen LogP contribution is 2.13. The summed E-state index contributed by atoms with van der Waals surface area (Å²) >= 11 is 1.66. The van der Waals surface area contributed by atoms with Gasteiger partial charge in [-0.05, 0) is 24.1 Å². The molecule has 1 heterocycles. The van der Waals surface area contributed by atoms with Crippen LogP contribution in [0.2, 0.25) is 0 Å². The molecule has 1 saturated heterocycles. The van der Waals surface area contributed by atoms with Crippen LogP contribution in [0.3, 0.4) is 0 Å². The van der Waals surface area contributed by atoms with Crippen molar-refractivity contribution in [3.05, 3.63) is 29.8 Å². The van der Waals surface area contributed by atoms with Crippen LogP contribution in [0.1, 0.15) is 12.5 Å². The van der Waals surface area contributed by atoms with Crippen molar-refractivity contribution in [1.29, 1.82) is 0 Å². The highest BCUT2D eigenvalue weighted by Gasteiger charge is 2.22. The lowest BCUT2D eigenvalue weighted by Crippen LogP contribution is -2.44. The molecule has 6 heteroatoms. The van der Waals surface area contributed by atoms with Crippen molar-refractivity contribution < 1.29 is 14.3 Å². The van der Waals surface area contributed by atoms with E-state index >= 15 is 0 Å². The van der Waals surface area contributed by atoms with Crippen LogP contribution in [0.25, 0.3) is 0 Å². The summed E-state index contributed by atoms with van der Waals surface area (Å²) in [5.74, 6) is 1.40. The normalized spacial score (nSPS) is 17.8. The highest BCUT2D eigenvalue weighted by molar-refractivity contribution is 7.99. The Balaban J connectivity index is 1.78. The first kappa shape index (κ1) is 14.9. The van der Waals surface area contributed by atoms with Gasteiger partial charge in [-0.3, -0.25) is 10.1 Å². The number of carbonyl (C=O) groups excluding carboxylic acids is 2. The molecule has 2 N–H and O–H groups in total. The Bertz CT molecular complexity index is 487. The van der Waals surface area contributed by atoms with Crippen molar-refractivity contribution in [2.75, 3.05) is 18.2 Å². The third-order valence-electron chi connectivity index (χ3n) is 2.98. The summed E-state index contributed by atoms with van der Waals surface area (Å²) in [5, 5.41) is 5.63. The van der Waals surface area contributed by atoms with Crippen LogP contribution in [-0.2, 0) is 16.0 Å². The molecule has 5 nitrogen and oxygen atoms in total. The number of hydrogen-bond acceptors (Lipinski definition) is 5. The zero-order valence-electron chi connectivity index (χ0n) is 11.3. The molecule has 1 aliphatic heterocycles. The lowest BCUT2D eigenvalue weighted by atomic mass is 10.2. The molecule has 0 radical (unpaired) electrons. The van der Waals surface area contributed by atoms with Gasteiger partial charge in [0.2, 0.25) is 5.91 Å². The van der Waals surface area contributed by atoms with E-state index < -0.39 is 5.97 Å². The Kier molecular flexibility index (Phi) is 5.43. The number of carbonyl (C=O) groups is 2. The molecule has 2 rings (SSSR count). The lowest BCUT2D eigenvalue weighted by Gasteiger charge is -2.10. The van der Waals surface area contributed by atoms with Crippen molar-refractivity contribution in [3.63, 3.8) is 0 Å². The van der Waals surface area contributed by atoms with E-state index in [1.165, 1.54) is 0 Å². The van der Waals surface area contributed by atoms with Crippen LogP contribution >= 0.6 is 11.8 Å². The Labute approximate surface area is 122 Å². The van der Waals surface area contributed by atoms with Crippen molar-refractivity contribution in [2.24, 2.45) is 0 Å². The molecule has 0 bridgehead atoms. The van der Waals surface area contributed by atoms with Gasteiger partial charge in [0, 0.05) is 11.6 Å². The van der Waals surface area contributed by atoms with Gasteiger partial charge in [0.15, 0.2) is 0 Å². The minimum absolute atomic E-state index is 0.113. The second-order valence-electron chi connectivity index (χ2n) is 4.46. The van der Waals surface area contributed by atoms with Gasteiger partial charge >= 0.3 is 5.97 Å². The maximum atomic E-state index is 11.7. The van der Waals surface area contributed by atoms with E-state index in [1.807, 2.05) is 25.1 Å². The molecule has 108 valence electrons. The molecule has 1 aromatic rings. The van der Waals surface area contributed by atoms with E-state index in [2.05, 4.69) is 10.6 Å². The summed E-state index contributed by atoms with van der Waals surface area (Å²) in [6.45, 7) is 1.92. The molecule has 1 aromatic carbocycles. The van der Waals surface area contributed by atoms with Crippen LogP contribution in [0.15, 0.2) is 24.3 Å². The summed E-state index contributed by atoms with van der Waals surface area (Å²) in [4.78, 5) is 23.4. The molecule has 0 saturated carbocycles. The van der Waals surface area contributed by atoms with Crippen molar-refractivity contribution in [3.8, 4) is 5.75 Å². The van der Waals surface area contributed by atoms with E-state index in [1.54, 1.807) is 17.8 Å². The summed E-state index contributed by atoms with van der Waals surface area (Å²) in [6, 6.07) is 7.17. The molecule has 1 unspecified atom stereocenters. The molecule has 1 fully saturated rings. The van der Waals surface area contributed by atoms with Gasteiger partial charge in [-0.1, -0.05) is 19.1 Å². The Hall–Kier alpha value is -1.53. The minimum Gasteiger partial charge on any atom is -0.425 e. The zero-order valence-corrected chi connectivity index (χ0v) is 12.2. The molecular weight excluding hydrogens is 276 g/mol. The van der Waals surface area contributed by atoms with Crippen LogP contribution < -0.4 is 15.4 Å². The fourth-order valence-corrected chi connectivity index (χ4v) is 2.78. The molecule has 20 heavy (non-hydrogen) atoms. The van der Waals surface area contributed by atoms with Gasteiger partial charge in [-0.2, -0.15) is 0 Å². The van der Waals surface area contributed by atoms with Crippen LogP contribution in [0.5, 0.6) is 5.75 Å².